The number of nitrogens with zero attached hydrogens (tertiary/aromatic N) is 3. The summed E-state index contributed by atoms with van der Waals surface area (Å²) in [7, 11) is 0. The zero-order valence-corrected chi connectivity index (χ0v) is 17.7. The quantitative estimate of drug-likeness (QED) is 0.580. The second-order valence-corrected chi connectivity index (χ2v) is 8.32. The summed E-state index contributed by atoms with van der Waals surface area (Å²) in [6, 6.07) is 10.9. The molecule has 0 atom stereocenters. The summed E-state index contributed by atoms with van der Waals surface area (Å²) >= 11 is 13.8. The zero-order chi connectivity index (χ0) is 19.7. The number of fused-ring (bicyclic) bond motifs is 1. The van der Waals surface area contributed by atoms with Crippen LogP contribution in [0.1, 0.15) is 17.3 Å². The van der Waals surface area contributed by atoms with Gasteiger partial charge in [0.15, 0.2) is 5.13 Å². The van der Waals surface area contributed by atoms with Crippen LogP contribution in [0.5, 0.6) is 5.75 Å². The van der Waals surface area contributed by atoms with E-state index in [1.807, 2.05) is 30.0 Å². The van der Waals surface area contributed by atoms with E-state index in [1.165, 1.54) is 0 Å². The molecule has 0 saturated carbocycles. The highest BCUT2D eigenvalue weighted by Gasteiger charge is 2.25. The largest absolute Gasteiger partial charge is 0.494 e. The topological polar surface area (TPSA) is 45.7 Å². The lowest BCUT2D eigenvalue weighted by Gasteiger charge is -2.34. The van der Waals surface area contributed by atoms with Gasteiger partial charge in [-0.3, -0.25) is 4.79 Å². The van der Waals surface area contributed by atoms with E-state index in [-0.39, 0.29) is 5.91 Å². The van der Waals surface area contributed by atoms with E-state index in [2.05, 4.69) is 4.90 Å². The standard InChI is InChI=1S/C20H19Cl2N3O2S/c1-2-27-14-4-6-17-18(12-14)28-20(23-17)25-9-7-24(8-10-25)19(26)15-5-3-13(21)11-16(15)22/h3-6,11-12H,2,7-10H2,1H3. The molecule has 8 heteroatoms. The van der Waals surface area contributed by atoms with Gasteiger partial charge in [-0.1, -0.05) is 34.5 Å². The van der Waals surface area contributed by atoms with Crippen molar-refractivity contribution < 1.29 is 9.53 Å². The number of hydrogen-bond donors (Lipinski definition) is 0. The molecule has 0 spiro atoms. The van der Waals surface area contributed by atoms with Gasteiger partial charge in [0.05, 0.1) is 27.4 Å². The molecule has 3 aromatic rings. The third-order valence-corrected chi connectivity index (χ3v) is 6.29. The number of carbonyl (C=O) groups excluding carboxylic acids is 1. The average molecular weight is 436 g/mol. The first-order valence-electron chi connectivity index (χ1n) is 9.08. The van der Waals surface area contributed by atoms with Crippen LogP contribution < -0.4 is 9.64 Å². The lowest BCUT2D eigenvalue weighted by atomic mass is 10.2. The molecule has 2 aromatic carbocycles. The number of carbonyl (C=O) groups is 1. The Morgan fingerprint density at radius 1 is 1.14 bits per heavy atom. The van der Waals surface area contributed by atoms with Gasteiger partial charge in [0.2, 0.25) is 0 Å². The van der Waals surface area contributed by atoms with Crippen LogP contribution in [0.4, 0.5) is 5.13 Å². The van der Waals surface area contributed by atoms with Crippen molar-refractivity contribution in [3.63, 3.8) is 0 Å². The van der Waals surface area contributed by atoms with Crippen LogP contribution in [0.25, 0.3) is 10.2 Å². The Morgan fingerprint density at radius 2 is 1.93 bits per heavy atom. The Morgan fingerprint density at radius 3 is 2.64 bits per heavy atom. The van der Waals surface area contributed by atoms with Gasteiger partial charge in [-0.15, -0.1) is 0 Å². The minimum Gasteiger partial charge on any atom is -0.494 e. The summed E-state index contributed by atoms with van der Waals surface area (Å²) in [4.78, 5) is 21.6. The maximum atomic E-state index is 12.8. The van der Waals surface area contributed by atoms with Crippen molar-refractivity contribution in [3.8, 4) is 5.75 Å². The van der Waals surface area contributed by atoms with E-state index in [9.17, 15) is 4.79 Å². The van der Waals surface area contributed by atoms with E-state index >= 15 is 0 Å². The van der Waals surface area contributed by atoms with Crippen LogP contribution in [0.15, 0.2) is 36.4 Å². The fourth-order valence-corrected chi connectivity index (χ4v) is 4.75. The molecule has 2 heterocycles. The molecule has 1 fully saturated rings. The number of anilines is 1. The van der Waals surface area contributed by atoms with Crippen molar-refractivity contribution in [2.45, 2.75) is 6.92 Å². The van der Waals surface area contributed by atoms with Gasteiger partial charge in [0.25, 0.3) is 5.91 Å². The fourth-order valence-electron chi connectivity index (χ4n) is 3.22. The second kappa shape index (κ2) is 8.15. The first-order valence-corrected chi connectivity index (χ1v) is 10.6. The van der Waals surface area contributed by atoms with Crippen molar-refractivity contribution in [3.05, 3.63) is 52.0 Å². The molecule has 5 nitrogen and oxygen atoms in total. The summed E-state index contributed by atoms with van der Waals surface area (Å²) in [5, 5.41) is 1.88. The van der Waals surface area contributed by atoms with E-state index in [4.69, 9.17) is 32.9 Å². The van der Waals surface area contributed by atoms with Crippen molar-refractivity contribution in [2.24, 2.45) is 0 Å². The average Bonchev–Trinajstić information content (AvgIpc) is 3.11. The number of benzene rings is 2. The van der Waals surface area contributed by atoms with Gasteiger partial charge >= 0.3 is 0 Å². The van der Waals surface area contributed by atoms with E-state index in [1.54, 1.807) is 29.5 Å². The number of ether oxygens (including phenoxy) is 1. The van der Waals surface area contributed by atoms with E-state index in [0.717, 1.165) is 34.2 Å². The van der Waals surface area contributed by atoms with Gasteiger partial charge in [-0.2, -0.15) is 0 Å². The lowest BCUT2D eigenvalue weighted by molar-refractivity contribution is 0.0747. The molecule has 1 aliphatic heterocycles. The molecule has 0 unspecified atom stereocenters. The Labute approximate surface area is 177 Å². The summed E-state index contributed by atoms with van der Waals surface area (Å²) in [5.41, 5.74) is 1.46. The summed E-state index contributed by atoms with van der Waals surface area (Å²) in [6.45, 7) is 5.32. The van der Waals surface area contributed by atoms with Crippen molar-refractivity contribution in [1.82, 2.24) is 9.88 Å². The van der Waals surface area contributed by atoms with Crippen molar-refractivity contribution in [1.29, 1.82) is 0 Å². The van der Waals surface area contributed by atoms with Gasteiger partial charge < -0.3 is 14.5 Å². The Kier molecular flexibility index (Phi) is 5.62. The Bertz CT molecular complexity index is 1020. The van der Waals surface area contributed by atoms with Crippen molar-refractivity contribution >= 4 is 55.8 Å². The molecule has 4 rings (SSSR count). The van der Waals surface area contributed by atoms with Crippen LogP contribution >= 0.6 is 34.5 Å². The highest BCUT2D eigenvalue weighted by Crippen LogP contribution is 2.32. The SMILES string of the molecule is CCOc1ccc2nc(N3CCN(C(=O)c4ccc(Cl)cc4Cl)CC3)sc2c1. The molecule has 0 bridgehead atoms. The number of aromatic nitrogens is 1. The summed E-state index contributed by atoms with van der Waals surface area (Å²) in [5.74, 6) is 0.799. The number of piperazine rings is 1. The summed E-state index contributed by atoms with van der Waals surface area (Å²) in [6.07, 6.45) is 0. The molecule has 1 aliphatic rings. The number of halogens is 2. The van der Waals surface area contributed by atoms with Crippen LogP contribution in [-0.2, 0) is 0 Å². The normalized spacial score (nSPS) is 14.5. The molecule has 1 amide bonds. The smallest absolute Gasteiger partial charge is 0.255 e. The predicted molar refractivity (Wildman–Crippen MR) is 115 cm³/mol. The van der Waals surface area contributed by atoms with Crippen LogP contribution in [0, 0.1) is 0 Å². The first kappa shape index (κ1) is 19.3. The zero-order valence-electron chi connectivity index (χ0n) is 15.3. The van der Waals surface area contributed by atoms with Gasteiger partial charge in [0, 0.05) is 31.2 Å². The molecule has 0 aliphatic carbocycles. The molecule has 0 radical (unpaired) electrons. The maximum Gasteiger partial charge on any atom is 0.255 e. The summed E-state index contributed by atoms with van der Waals surface area (Å²) < 4.78 is 6.67. The Hall–Kier alpha value is -2.02. The highest BCUT2D eigenvalue weighted by molar-refractivity contribution is 7.22. The van der Waals surface area contributed by atoms with Gasteiger partial charge in [-0.25, -0.2) is 4.98 Å². The minimum absolute atomic E-state index is 0.0630. The van der Waals surface area contributed by atoms with Gasteiger partial charge in [-0.05, 0) is 43.3 Å². The molecule has 1 aromatic heterocycles. The van der Waals surface area contributed by atoms with Gasteiger partial charge in [0.1, 0.15) is 5.75 Å². The maximum absolute atomic E-state index is 12.8. The highest BCUT2D eigenvalue weighted by atomic mass is 35.5. The monoisotopic (exact) mass is 435 g/mol. The predicted octanol–water partition coefficient (Wildman–Crippen LogP) is 4.96. The molecule has 146 valence electrons. The van der Waals surface area contributed by atoms with Crippen molar-refractivity contribution in [2.75, 3.05) is 37.7 Å². The van der Waals surface area contributed by atoms with E-state index in [0.29, 0.717) is 35.3 Å². The third kappa shape index (κ3) is 3.90. The lowest BCUT2D eigenvalue weighted by Crippen LogP contribution is -2.48. The fraction of sp³-hybridized carbons (Fsp3) is 0.300. The molecular formula is C20H19Cl2N3O2S. The second-order valence-electron chi connectivity index (χ2n) is 6.46. The van der Waals surface area contributed by atoms with E-state index < -0.39 is 0 Å². The first-order chi connectivity index (χ1) is 13.5. The minimum atomic E-state index is -0.0630. The molecule has 0 N–H and O–H groups in total. The van der Waals surface area contributed by atoms with Crippen LogP contribution in [0.2, 0.25) is 10.0 Å². The molecular weight excluding hydrogens is 417 g/mol. The third-order valence-electron chi connectivity index (χ3n) is 4.66. The molecule has 1 saturated heterocycles. The Balaban J connectivity index is 1.45. The number of thiazole rings is 1. The number of rotatable bonds is 4. The van der Waals surface area contributed by atoms with Crippen LogP contribution in [-0.4, -0.2) is 48.6 Å². The number of hydrogen-bond acceptors (Lipinski definition) is 5. The van der Waals surface area contributed by atoms with Crippen LogP contribution in [0.3, 0.4) is 0 Å². The number of amides is 1. The molecule has 28 heavy (non-hydrogen) atoms.